The van der Waals surface area contributed by atoms with E-state index in [0.29, 0.717) is 5.02 Å². The van der Waals surface area contributed by atoms with Crippen LogP contribution in [0.4, 0.5) is 0 Å². The van der Waals surface area contributed by atoms with Gasteiger partial charge in [-0.25, -0.2) is 4.98 Å². The minimum absolute atomic E-state index is 0.101. The Labute approximate surface area is 168 Å². The third-order valence-electron chi connectivity index (χ3n) is 5.23. The molecule has 6 nitrogen and oxygen atoms in total. The monoisotopic (exact) mass is 405 g/mol. The van der Waals surface area contributed by atoms with Crippen LogP contribution in [-0.2, 0) is 6.42 Å². The van der Waals surface area contributed by atoms with Gasteiger partial charge in [-0.3, -0.25) is 4.90 Å². The number of thiazole rings is 1. The van der Waals surface area contributed by atoms with Gasteiger partial charge in [0.15, 0.2) is 5.82 Å². The van der Waals surface area contributed by atoms with Crippen LogP contribution in [-0.4, -0.2) is 62.2 Å². The van der Waals surface area contributed by atoms with Crippen molar-refractivity contribution in [3.8, 4) is 5.88 Å². The van der Waals surface area contributed by atoms with Crippen LogP contribution in [0.1, 0.15) is 36.2 Å². The Morgan fingerprint density at radius 1 is 1.19 bits per heavy atom. The van der Waals surface area contributed by atoms with Crippen LogP contribution in [0.3, 0.4) is 0 Å². The van der Waals surface area contributed by atoms with E-state index in [-0.39, 0.29) is 11.9 Å². The zero-order valence-corrected chi connectivity index (χ0v) is 17.2. The summed E-state index contributed by atoms with van der Waals surface area (Å²) in [4.78, 5) is 11.0. The van der Waals surface area contributed by atoms with Gasteiger partial charge in [0.05, 0.1) is 10.9 Å². The molecule has 2 aromatic heterocycles. The number of halogens is 1. The predicted octanol–water partition coefficient (Wildman–Crippen LogP) is 3.44. The quantitative estimate of drug-likeness (QED) is 0.704. The normalized spacial score (nSPS) is 17.6. The Bertz CT molecular complexity index is 931. The predicted molar refractivity (Wildman–Crippen MR) is 109 cm³/mol. The van der Waals surface area contributed by atoms with Crippen LogP contribution in [0, 0.1) is 0 Å². The van der Waals surface area contributed by atoms with Crippen LogP contribution in [0.2, 0.25) is 5.02 Å². The van der Waals surface area contributed by atoms with Gasteiger partial charge in [-0.1, -0.05) is 55.0 Å². The van der Waals surface area contributed by atoms with Crippen molar-refractivity contribution in [2.24, 2.45) is 0 Å². The fourth-order valence-corrected chi connectivity index (χ4v) is 5.02. The van der Waals surface area contributed by atoms with Gasteiger partial charge in [-0.05, 0) is 18.2 Å². The van der Waals surface area contributed by atoms with Gasteiger partial charge < -0.3 is 10.0 Å². The van der Waals surface area contributed by atoms with Gasteiger partial charge in [-0.15, -0.1) is 5.10 Å². The Morgan fingerprint density at radius 2 is 1.93 bits per heavy atom. The molecule has 1 aliphatic rings. The number of piperazine rings is 1. The summed E-state index contributed by atoms with van der Waals surface area (Å²) in [7, 11) is 0. The first kappa shape index (κ1) is 18.7. The van der Waals surface area contributed by atoms with E-state index in [9.17, 15) is 5.11 Å². The minimum atomic E-state index is -0.101. The van der Waals surface area contributed by atoms with Gasteiger partial charge in [-0.2, -0.15) is 4.52 Å². The lowest BCUT2D eigenvalue weighted by molar-refractivity contribution is 0.113. The summed E-state index contributed by atoms with van der Waals surface area (Å²) < 4.78 is 1.56. The number of rotatable bonds is 5. The van der Waals surface area contributed by atoms with Crippen molar-refractivity contribution >= 4 is 27.9 Å². The molecular formula is C19H24ClN5OS. The van der Waals surface area contributed by atoms with E-state index in [4.69, 9.17) is 11.6 Å². The molecular weight excluding hydrogens is 382 g/mol. The Kier molecular flexibility index (Phi) is 5.36. The molecule has 1 saturated heterocycles. The van der Waals surface area contributed by atoms with E-state index >= 15 is 0 Å². The summed E-state index contributed by atoms with van der Waals surface area (Å²) in [5.41, 5.74) is 1.01. The number of likely N-dealkylation sites (N-methyl/N-ethyl adjacent to an activating group) is 1. The Hall–Kier alpha value is -1.67. The van der Waals surface area contributed by atoms with Gasteiger partial charge in [0.25, 0.3) is 0 Å². The van der Waals surface area contributed by atoms with Crippen molar-refractivity contribution in [3.63, 3.8) is 0 Å². The molecule has 3 heterocycles. The van der Waals surface area contributed by atoms with Gasteiger partial charge in [0, 0.05) is 37.6 Å². The first-order valence-electron chi connectivity index (χ1n) is 9.40. The van der Waals surface area contributed by atoms with Crippen LogP contribution >= 0.6 is 22.9 Å². The van der Waals surface area contributed by atoms with E-state index in [0.717, 1.165) is 60.4 Å². The van der Waals surface area contributed by atoms with Gasteiger partial charge in [0.1, 0.15) is 0 Å². The van der Waals surface area contributed by atoms with Crippen LogP contribution in [0.15, 0.2) is 24.3 Å². The Morgan fingerprint density at radius 3 is 2.56 bits per heavy atom. The number of hydrogen-bond donors (Lipinski definition) is 1. The number of fused-ring (bicyclic) bond motifs is 1. The molecule has 0 radical (unpaired) electrons. The molecule has 0 unspecified atom stereocenters. The van der Waals surface area contributed by atoms with Crippen molar-refractivity contribution in [2.75, 3.05) is 32.7 Å². The summed E-state index contributed by atoms with van der Waals surface area (Å²) in [5, 5.41) is 16.1. The summed E-state index contributed by atoms with van der Waals surface area (Å²) >= 11 is 8.06. The van der Waals surface area contributed by atoms with E-state index in [1.807, 2.05) is 31.2 Å². The molecule has 1 aliphatic heterocycles. The number of aryl methyl sites for hydroxylation is 1. The summed E-state index contributed by atoms with van der Waals surface area (Å²) in [6.07, 6.45) is 0.746. The number of benzene rings is 1. The van der Waals surface area contributed by atoms with Gasteiger partial charge in [0.2, 0.25) is 10.8 Å². The largest absolute Gasteiger partial charge is 0.492 e. The highest BCUT2D eigenvalue weighted by Gasteiger charge is 2.32. The molecule has 0 spiro atoms. The first-order valence-corrected chi connectivity index (χ1v) is 10.6. The third-order valence-corrected chi connectivity index (χ3v) is 6.64. The smallest absolute Gasteiger partial charge is 0.230 e. The molecule has 1 atom stereocenters. The highest BCUT2D eigenvalue weighted by molar-refractivity contribution is 7.17. The van der Waals surface area contributed by atoms with Crippen molar-refractivity contribution < 1.29 is 5.11 Å². The molecule has 8 heteroatoms. The fourth-order valence-electron chi connectivity index (χ4n) is 3.66. The first-order chi connectivity index (χ1) is 13.1. The maximum Gasteiger partial charge on any atom is 0.230 e. The van der Waals surface area contributed by atoms with Gasteiger partial charge >= 0.3 is 0 Å². The molecule has 144 valence electrons. The zero-order chi connectivity index (χ0) is 19.0. The van der Waals surface area contributed by atoms with Crippen LogP contribution in [0.5, 0.6) is 5.88 Å². The van der Waals surface area contributed by atoms with Crippen molar-refractivity contribution in [1.82, 2.24) is 24.4 Å². The standard InChI is InChI=1S/C19H24ClN5OS/c1-3-15-21-19-25(22-15)18(26)17(27-19)16(13-7-5-6-8-14(13)20)24-11-9-23(4-2)10-12-24/h5-8,16,26H,3-4,9-12H2,1-2H3/t16-/m1/s1. The van der Waals surface area contributed by atoms with E-state index in [1.54, 1.807) is 4.52 Å². The van der Waals surface area contributed by atoms with E-state index < -0.39 is 0 Å². The maximum atomic E-state index is 10.9. The summed E-state index contributed by atoms with van der Waals surface area (Å²) in [6.45, 7) is 9.15. The SMILES string of the molecule is CCc1nc2sc([C@@H](c3ccccc3Cl)N3CCN(CC)CC3)c(O)n2n1. The Balaban J connectivity index is 1.77. The van der Waals surface area contributed by atoms with E-state index in [2.05, 4.69) is 26.8 Å². The number of nitrogens with zero attached hydrogens (tertiary/aromatic N) is 5. The van der Waals surface area contributed by atoms with Crippen molar-refractivity contribution in [3.05, 3.63) is 45.6 Å². The average Bonchev–Trinajstić information content (AvgIpc) is 3.23. The fraction of sp³-hybridized carbons (Fsp3) is 0.474. The molecule has 1 aromatic carbocycles. The molecule has 0 saturated carbocycles. The van der Waals surface area contributed by atoms with E-state index in [1.165, 1.54) is 11.3 Å². The number of aromatic nitrogens is 3. The molecule has 1 N–H and O–H groups in total. The summed E-state index contributed by atoms with van der Waals surface area (Å²) in [5.74, 6) is 0.916. The molecule has 3 aromatic rings. The highest BCUT2D eigenvalue weighted by Crippen LogP contribution is 2.42. The number of aromatic hydroxyl groups is 1. The second-order valence-corrected chi connectivity index (χ2v) is 8.18. The minimum Gasteiger partial charge on any atom is -0.492 e. The molecule has 4 rings (SSSR count). The zero-order valence-electron chi connectivity index (χ0n) is 15.6. The van der Waals surface area contributed by atoms with Crippen molar-refractivity contribution in [2.45, 2.75) is 26.3 Å². The third kappa shape index (κ3) is 3.45. The van der Waals surface area contributed by atoms with Crippen LogP contribution < -0.4 is 0 Å². The molecule has 0 aliphatic carbocycles. The van der Waals surface area contributed by atoms with Crippen molar-refractivity contribution in [1.29, 1.82) is 0 Å². The second kappa shape index (κ2) is 7.75. The molecule has 27 heavy (non-hydrogen) atoms. The summed E-state index contributed by atoms with van der Waals surface area (Å²) in [6, 6.07) is 7.80. The second-order valence-electron chi connectivity index (χ2n) is 6.76. The number of hydrogen-bond acceptors (Lipinski definition) is 6. The van der Waals surface area contributed by atoms with Crippen LogP contribution in [0.25, 0.3) is 4.96 Å². The lowest BCUT2D eigenvalue weighted by Gasteiger charge is -2.39. The highest BCUT2D eigenvalue weighted by atomic mass is 35.5. The molecule has 1 fully saturated rings. The average molecular weight is 406 g/mol. The lowest BCUT2D eigenvalue weighted by Crippen LogP contribution is -2.47. The topological polar surface area (TPSA) is 56.9 Å². The molecule has 0 amide bonds. The lowest BCUT2D eigenvalue weighted by atomic mass is 10.0. The molecule has 0 bridgehead atoms. The maximum absolute atomic E-state index is 10.9.